The van der Waals surface area contributed by atoms with E-state index in [0.717, 1.165) is 44.9 Å². The fourth-order valence-corrected chi connectivity index (χ4v) is 8.20. The van der Waals surface area contributed by atoms with Crippen molar-refractivity contribution in [3.8, 4) is 0 Å². The first-order chi connectivity index (χ1) is 27.4. The minimum Gasteiger partial charge on any atom is -0.462 e. The Labute approximate surface area is 344 Å². The van der Waals surface area contributed by atoms with Gasteiger partial charge in [-0.25, -0.2) is 4.57 Å². The molecular weight excluding hydrogens is 755 g/mol. The zero-order valence-corrected chi connectivity index (χ0v) is 36.6. The molecule has 6 unspecified atom stereocenters. The number of carbonyl (C=O) groups is 2. The molecule has 0 saturated heterocycles. The van der Waals surface area contributed by atoms with E-state index in [1.165, 1.54) is 122 Å². The van der Waals surface area contributed by atoms with Crippen LogP contribution < -0.4 is 0 Å². The summed E-state index contributed by atoms with van der Waals surface area (Å²) in [4.78, 5) is 35.6. The molecule has 0 bridgehead atoms. The van der Waals surface area contributed by atoms with Crippen LogP contribution in [-0.4, -0.2) is 98.3 Å². The number of carbonyl (C=O) groups excluding carboxylic acids is 2. The highest BCUT2D eigenvalue weighted by atomic mass is 31.2. The quantitative estimate of drug-likeness (QED) is 0.0196. The molecule has 0 aromatic rings. The van der Waals surface area contributed by atoms with Gasteiger partial charge < -0.3 is 39.9 Å². The maximum absolute atomic E-state index is 12.8. The van der Waals surface area contributed by atoms with E-state index in [1.54, 1.807) is 0 Å². The predicted molar refractivity (Wildman–Crippen MR) is 221 cm³/mol. The van der Waals surface area contributed by atoms with Crippen molar-refractivity contribution in [1.82, 2.24) is 0 Å². The predicted octanol–water partition coefficient (Wildman–Crippen LogP) is 8.50. The van der Waals surface area contributed by atoms with Crippen LogP contribution in [0.3, 0.4) is 0 Å². The second-order valence-corrected chi connectivity index (χ2v) is 17.7. The van der Waals surface area contributed by atoms with E-state index in [0.29, 0.717) is 12.8 Å². The van der Waals surface area contributed by atoms with Gasteiger partial charge in [0.1, 0.15) is 43.2 Å². The number of hydrogen-bond donors (Lipinski definition) is 6. The summed E-state index contributed by atoms with van der Waals surface area (Å²) in [6.07, 6.45) is 20.3. The Morgan fingerprint density at radius 2 is 0.789 bits per heavy atom. The first kappa shape index (κ1) is 53.9. The number of unbranched alkanes of at least 4 members (excludes halogenated alkanes) is 26. The van der Waals surface area contributed by atoms with Crippen molar-refractivity contribution >= 4 is 19.8 Å². The van der Waals surface area contributed by atoms with Gasteiger partial charge in [-0.15, -0.1) is 0 Å². The molecule has 1 rings (SSSR count). The minimum absolute atomic E-state index is 0.103. The Bertz CT molecular complexity index is 1020. The Morgan fingerprint density at radius 1 is 0.474 bits per heavy atom. The number of esters is 2. The van der Waals surface area contributed by atoms with E-state index in [4.69, 9.17) is 18.5 Å². The third kappa shape index (κ3) is 27.3. The third-order valence-electron chi connectivity index (χ3n) is 10.9. The lowest BCUT2D eigenvalue weighted by molar-refractivity contribution is -0.220. The topological polar surface area (TPSA) is 210 Å². The number of phosphoric acid groups is 1. The van der Waals surface area contributed by atoms with Crippen LogP contribution in [0.5, 0.6) is 0 Å². The van der Waals surface area contributed by atoms with Crippen LogP contribution in [0.1, 0.15) is 206 Å². The standard InChI is InChI=1S/C43H83O13P/c1-3-5-7-9-11-13-15-16-17-18-19-20-21-22-24-25-27-29-31-36(44)53-33-35(55-37(45)32-30-28-26-23-14-12-10-8-6-4-2)34-54-57(51,52)56-43-41(49)39(47)38(46)40(48)42(43)50/h35,38-43,46-50H,3-34H2,1-2H3,(H,51,52)/t35-,38?,39-,40?,41?,42?,43?/m0/s1. The molecule has 1 saturated carbocycles. The summed E-state index contributed by atoms with van der Waals surface area (Å²) in [6.45, 7) is 3.29. The van der Waals surface area contributed by atoms with Crippen LogP contribution in [0.4, 0.5) is 0 Å². The molecule has 14 heteroatoms. The highest BCUT2D eigenvalue weighted by Crippen LogP contribution is 2.47. The molecule has 8 atom stereocenters. The van der Waals surface area contributed by atoms with Gasteiger partial charge in [-0.2, -0.15) is 0 Å². The number of ether oxygens (including phenoxy) is 2. The SMILES string of the molecule is CCCCCCCCCCCCCCCCCCCCC(=O)OC[C@@H](COP(=O)(O)OC1C(O)C(O)C(O)[C@H](O)C1O)OC(=O)CCCCCCCCCCCC. The Balaban J connectivity index is 2.40. The van der Waals surface area contributed by atoms with E-state index in [-0.39, 0.29) is 12.8 Å². The Morgan fingerprint density at radius 3 is 1.16 bits per heavy atom. The largest absolute Gasteiger partial charge is 0.472 e. The van der Waals surface area contributed by atoms with Gasteiger partial charge in [-0.3, -0.25) is 18.6 Å². The summed E-state index contributed by atoms with van der Waals surface area (Å²) < 4.78 is 33.5. The fourth-order valence-electron chi connectivity index (χ4n) is 7.23. The molecule has 0 spiro atoms. The molecule has 6 N–H and O–H groups in total. The van der Waals surface area contributed by atoms with Crippen molar-refractivity contribution in [2.75, 3.05) is 13.2 Å². The molecule has 0 aliphatic heterocycles. The monoisotopic (exact) mass is 839 g/mol. The molecule has 338 valence electrons. The number of hydrogen-bond acceptors (Lipinski definition) is 12. The second-order valence-electron chi connectivity index (χ2n) is 16.3. The van der Waals surface area contributed by atoms with E-state index in [9.17, 15) is 44.6 Å². The summed E-state index contributed by atoms with van der Waals surface area (Å²) >= 11 is 0. The van der Waals surface area contributed by atoms with Crippen molar-refractivity contribution in [3.05, 3.63) is 0 Å². The van der Waals surface area contributed by atoms with Gasteiger partial charge in [-0.05, 0) is 12.8 Å². The Hall–Kier alpha value is -1.15. The van der Waals surface area contributed by atoms with Crippen molar-refractivity contribution in [2.45, 2.75) is 249 Å². The van der Waals surface area contributed by atoms with Crippen molar-refractivity contribution in [2.24, 2.45) is 0 Å². The number of phosphoric ester groups is 1. The molecule has 1 fully saturated rings. The first-order valence-corrected chi connectivity index (χ1v) is 24.3. The zero-order valence-electron chi connectivity index (χ0n) is 35.7. The highest BCUT2D eigenvalue weighted by molar-refractivity contribution is 7.47. The van der Waals surface area contributed by atoms with Crippen LogP contribution in [0.2, 0.25) is 0 Å². The highest BCUT2D eigenvalue weighted by Gasteiger charge is 2.51. The number of aliphatic hydroxyl groups excluding tert-OH is 5. The molecule has 0 aromatic heterocycles. The average molecular weight is 839 g/mol. The van der Waals surface area contributed by atoms with Crippen LogP contribution >= 0.6 is 7.82 Å². The summed E-state index contributed by atoms with van der Waals surface area (Å²) in [7, 11) is -5.10. The van der Waals surface area contributed by atoms with E-state index < -0.39 is 75.7 Å². The molecule has 1 aliphatic rings. The van der Waals surface area contributed by atoms with E-state index >= 15 is 0 Å². The van der Waals surface area contributed by atoms with Crippen LogP contribution in [0.15, 0.2) is 0 Å². The van der Waals surface area contributed by atoms with Crippen molar-refractivity contribution in [3.63, 3.8) is 0 Å². The molecule has 13 nitrogen and oxygen atoms in total. The van der Waals surface area contributed by atoms with Crippen LogP contribution in [0, 0.1) is 0 Å². The molecule has 0 heterocycles. The molecule has 1 aliphatic carbocycles. The van der Waals surface area contributed by atoms with Crippen LogP contribution in [-0.2, 0) is 32.7 Å². The molecule has 0 radical (unpaired) electrons. The lowest BCUT2D eigenvalue weighted by Crippen LogP contribution is -2.64. The van der Waals surface area contributed by atoms with Crippen molar-refractivity contribution < 1.29 is 63.1 Å². The smallest absolute Gasteiger partial charge is 0.462 e. The number of rotatable bonds is 38. The van der Waals surface area contributed by atoms with E-state index in [2.05, 4.69) is 13.8 Å². The molecular formula is C43H83O13P. The lowest BCUT2D eigenvalue weighted by atomic mass is 9.85. The zero-order chi connectivity index (χ0) is 42.2. The summed E-state index contributed by atoms with van der Waals surface area (Å²) in [5.74, 6) is -1.09. The van der Waals surface area contributed by atoms with Gasteiger partial charge in [0.15, 0.2) is 6.10 Å². The molecule has 0 amide bonds. The summed E-state index contributed by atoms with van der Waals surface area (Å²) in [6, 6.07) is 0. The molecule has 57 heavy (non-hydrogen) atoms. The van der Waals surface area contributed by atoms with E-state index in [1.807, 2.05) is 0 Å². The summed E-state index contributed by atoms with van der Waals surface area (Å²) in [5.41, 5.74) is 0. The van der Waals surface area contributed by atoms with Gasteiger partial charge in [0, 0.05) is 12.8 Å². The normalized spacial score (nSPS) is 22.6. The fraction of sp³-hybridized carbons (Fsp3) is 0.953. The second kappa shape index (κ2) is 34.6. The maximum Gasteiger partial charge on any atom is 0.472 e. The van der Waals surface area contributed by atoms with Crippen LogP contribution in [0.25, 0.3) is 0 Å². The summed E-state index contributed by atoms with van der Waals surface area (Å²) in [5, 5.41) is 50.0. The minimum atomic E-state index is -5.10. The first-order valence-electron chi connectivity index (χ1n) is 22.8. The van der Waals surface area contributed by atoms with Gasteiger partial charge in [-0.1, -0.05) is 181 Å². The Kier molecular flexibility index (Phi) is 32.7. The third-order valence-corrected chi connectivity index (χ3v) is 11.9. The lowest BCUT2D eigenvalue weighted by Gasteiger charge is -2.41. The van der Waals surface area contributed by atoms with Gasteiger partial charge in [0.2, 0.25) is 0 Å². The van der Waals surface area contributed by atoms with Gasteiger partial charge in [0.05, 0.1) is 6.61 Å². The number of aliphatic hydroxyl groups is 5. The maximum atomic E-state index is 12.8. The van der Waals surface area contributed by atoms with Crippen molar-refractivity contribution in [1.29, 1.82) is 0 Å². The van der Waals surface area contributed by atoms with Gasteiger partial charge in [0.25, 0.3) is 0 Å². The van der Waals surface area contributed by atoms with Gasteiger partial charge >= 0.3 is 19.8 Å². The molecule has 0 aromatic carbocycles. The average Bonchev–Trinajstić information content (AvgIpc) is 3.19.